The number of carbonyl (C=O) groups is 1. The molecule has 1 amide bonds. The molecule has 2 aromatic heterocycles. The van der Waals surface area contributed by atoms with Gasteiger partial charge in [0.25, 0.3) is 5.91 Å². The van der Waals surface area contributed by atoms with Crippen molar-refractivity contribution in [2.24, 2.45) is 0 Å². The Morgan fingerprint density at radius 3 is 2.90 bits per heavy atom. The van der Waals surface area contributed by atoms with E-state index >= 15 is 0 Å². The predicted molar refractivity (Wildman–Crippen MR) is 117 cm³/mol. The fourth-order valence-corrected chi connectivity index (χ4v) is 4.55. The van der Waals surface area contributed by atoms with Crippen LogP contribution in [0.1, 0.15) is 39.9 Å². The molecule has 1 saturated heterocycles. The summed E-state index contributed by atoms with van der Waals surface area (Å²) in [5.74, 6) is 1.91. The molecule has 1 unspecified atom stereocenters. The number of hydrogen-bond donors (Lipinski definition) is 1. The predicted octanol–water partition coefficient (Wildman–Crippen LogP) is 2.68. The minimum Gasteiger partial charge on any atom is -0.373 e. The van der Waals surface area contributed by atoms with Gasteiger partial charge in [0.2, 0.25) is 0 Å². The molecular weight excluding hydrogens is 376 g/mol. The van der Waals surface area contributed by atoms with Crippen LogP contribution in [0.3, 0.4) is 0 Å². The first-order valence-corrected chi connectivity index (χ1v) is 10.5. The van der Waals surface area contributed by atoms with E-state index in [4.69, 9.17) is 9.97 Å². The lowest BCUT2D eigenvalue weighted by Gasteiger charge is -2.26. The second kappa shape index (κ2) is 7.65. The lowest BCUT2D eigenvalue weighted by Crippen LogP contribution is -2.30. The molecule has 7 heteroatoms. The Bertz CT molecular complexity index is 1090. The van der Waals surface area contributed by atoms with Crippen molar-refractivity contribution in [1.29, 1.82) is 0 Å². The van der Waals surface area contributed by atoms with E-state index in [9.17, 15) is 4.79 Å². The number of fused-ring (bicyclic) bond motifs is 2. The highest BCUT2D eigenvalue weighted by molar-refractivity contribution is 6.05. The fraction of sp³-hybridized carbons (Fsp3) is 0.391. The molecule has 2 aliphatic rings. The summed E-state index contributed by atoms with van der Waals surface area (Å²) in [6, 6.07) is 9.85. The van der Waals surface area contributed by atoms with Gasteiger partial charge in [-0.2, -0.15) is 0 Å². The summed E-state index contributed by atoms with van der Waals surface area (Å²) >= 11 is 0. The van der Waals surface area contributed by atoms with Crippen LogP contribution < -0.4 is 5.32 Å². The Balaban J connectivity index is 1.40. The van der Waals surface area contributed by atoms with Crippen molar-refractivity contribution in [3.8, 4) is 0 Å². The number of nitrogens with zero attached hydrogens (tertiary/aromatic N) is 5. The Morgan fingerprint density at radius 1 is 1.17 bits per heavy atom. The number of nitrogens with one attached hydrogen (secondary N) is 1. The van der Waals surface area contributed by atoms with Gasteiger partial charge in [-0.1, -0.05) is 24.3 Å². The van der Waals surface area contributed by atoms with Crippen molar-refractivity contribution in [3.05, 3.63) is 59.3 Å². The molecule has 1 aromatic carbocycles. The first-order chi connectivity index (χ1) is 14.6. The van der Waals surface area contributed by atoms with Crippen LogP contribution in [0.2, 0.25) is 0 Å². The van der Waals surface area contributed by atoms with Crippen LogP contribution in [0.25, 0.3) is 10.8 Å². The van der Waals surface area contributed by atoms with E-state index in [1.807, 2.05) is 42.3 Å². The van der Waals surface area contributed by atoms with Gasteiger partial charge in [-0.25, -0.2) is 9.97 Å². The average Bonchev–Trinajstić information content (AvgIpc) is 3.28. The molecule has 1 fully saturated rings. The number of carbonyl (C=O) groups excluding carboxylic acids is 1. The number of aromatic nitrogens is 3. The number of hydrogen-bond acceptors (Lipinski definition) is 6. The second-order valence-corrected chi connectivity index (χ2v) is 8.21. The first kappa shape index (κ1) is 18.9. The maximum atomic E-state index is 13.2. The number of benzene rings is 1. The number of pyridine rings is 1. The Labute approximate surface area is 176 Å². The van der Waals surface area contributed by atoms with Crippen LogP contribution in [0, 0.1) is 0 Å². The van der Waals surface area contributed by atoms with Crippen molar-refractivity contribution >= 4 is 22.5 Å². The smallest absolute Gasteiger partial charge is 0.273 e. The topological polar surface area (TPSA) is 74.2 Å². The largest absolute Gasteiger partial charge is 0.373 e. The van der Waals surface area contributed by atoms with E-state index in [1.54, 1.807) is 6.20 Å². The Kier molecular flexibility index (Phi) is 4.83. The normalized spacial score (nSPS) is 19.1. The lowest BCUT2D eigenvalue weighted by molar-refractivity contribution is 0.0787. The van der Waals surface area contributed by atoms with Gasteiger partial charge in [0.1, 0.15) is 17.3 Å². The van der Waals surface area contributed by atoms with Crippen molar-refractivity contribution in [1.82, 2.24) is 24.8 Å². The highest BCUT2D eigenvalue weighted by atomic mass is 16.2. The maximum Gasteiger partial charge on any atom is 0.273 e. The van der Waals surface area contributed by atoms with Gasteiger partial charge in [-0.15, -0.1) is 0 Å². The van der Waals surface area contributed by atoms with Gasteiger partial charge in [-0.05, 0) is 24.9 Å². The van der Waals surface area contributed by atoms with E-state index in [0.717, 1.165) is 54.0 Å². The van der Waals surface area contributed by atoms with Gasteiger partial charge in [0, 0.05) is 62.7 Å². The third-order valence-corrected chi connectivity index (χ3v) is 6.22. The van der Waals surface area contributed by atoms with Gasteiger partial charge in [0.15, 0.2) is 0 Å². The molecule has 2 aliphatic heterocycles. The Hall–Kier alpha value is -3.06. The van der Waals surface area contributed by atoms with Gasteiger partial charge >= 0.3 is 0 Å². The summed E-state index contributed by atoms with van der Waals surface area (Å²) < 4.78 is 0. The van der Waals surface area contributed by atoms with Crippen molar-refractivity contribution in [2.75, 3.05) is 39.0 Å². The summed E-state index contributed by atoms with van der Waals surface area (Å²) in [7, 11) is 4.04. The van der Waals surface area contributed by atoms with Crippen LogP contribution >= 0.6 is 0 Å². The SMILES string of the molecule is CNc1nc(C2CCN(C(=O)c3nccc4ccccc34)C2)nc2c1CN(C)CC2. The van der Waals surface area contributed by atoms with E-state index in [1.165, 1.54) is 5.56 Å². The van der Waals surface area contributed by atoms with E-state index in [2.05, 4.69) is 22.2 Å². The second-order valence-electron chi connectivity index (χ2n) is 8.21. The van der Waals surface area contributed by atoms with E-state index < -0.39 is 0 Å². The van der Waals surface area contributed by atoms with Crippen molar-refractivity contribution in [3.63, 3.8) is 0 Å². The molecular formula is C23H26N6O. The molecule has 0 saturated carbocycles. The van der Waals surface area contributed by atoms with Gasteiger partial charge < -0.3 is 15.1 Å². The molecule has 154 valence electrons. The van der Waals surface area contributed by atoms with Crippen LogP contribution in [0.15, 0.2) is 36.5 Å². The lowest BCUT2D eigenvalue weighted by atomic mass is 10.0. The number of likely N-dealkylation sites (N-methyl/N-ethyl adjacent to an activating group) is 1. The molecule has 0 radical (unpaired) electrons. The highest BCUT2D eigenvalue weighted by Gasteiger charge is 2.32. The minimum atomic E-state index is -0.0114. The average molecular weight is 403 g/mol. The van der Waals surface area contributed by atoms with Crippen molar-refractivity contribution < 1.29 is 4.79 Å². The third-order valence-electron chi connectivity index (χ3n) is 6.22. The molecule has 7 nitrogen and oxygen atoms in total. The van der Waals surface area contributed by atoms with Crippen LogP contribution in [0.5, 0.6) is 0 Å². The monoisotopic (exact) mass is 402 g/mol. The fourth-order valence-electron chi connectivity index (χ4n) is 4.55. The van der Waals surface area contributed by atoms with E-state index in [0.29, 0.717) is 18.8 Å². The zero-order chi connectivity index (χ0) is 20.7. The first-order valence-electron chi connectivity index (χ1n) is 10.5. The molecule has 0 bridgehead atoms. The molecule has 0 spiro atoms. The highest BCUT2D eigenvalue weighted by Crippen LogP contribution is 2.31. The summed E-state index contributed by atoms with van der Waals surface area (Å²) in [5.41, 5.74) is 2.86. The summed E-state index contributed by atoms with van der Waals surface area (Å²) in [4.78, 5) is 31.6. The van der Waals surface area contributed by atoms with Gasteiger partial charge in [-0.3, -0.25) is 9.78 Å². The summed E-state index contributed by atoms with van der Waals surface area (Å²) in [6.07, 6.45) is 3.52. The number of amides is 1. The molecule has 1 atom stereocenters. The zero-order valence-corrected chi connectivity index (χ0v) is 17.4. The third kappa shape index (κ3) is 3.29. The van der Waals surface area contributed by atoms with Crippen LogP contribution in [-0.4, -0.2) is 64.4 Å². The molecule has 1 N–H and O–H groups in total. The van der Waals surface area contributed by atoms with Crippen molar-refractivity contribution in [2.45, 2.75) is 25.3 Å². The molecule has 4 heterocycles. The molecule has 30 heavy (non-hydrogen) atoms. The molecule has 3 aromatic rings. The summed E-state index contributed by atoms with van der Waals surface area (Å²) in [5, 5.41) is 5.19. The number of rotatable bonds is 3. The Morgan fingerprint density at radius 2 is 2.03 bits per heavy atom. The van der Waals surface area contributed by atoms with Crippen LogP contribution in [-0.2, 0) is 13.0 Å². The van der Waals surface area contributed by atoms with E-state index in [-0.39, 0.29) is 11.8 Å². The quantitative estimate of drug-likeness (QED) is 0.726. The maximum absolute atomic E-state index is 13.2. The zero-order valence-electron chi connectivity index (χ0n) is 17.4. The number of anilines is 1. The molecule has 0 aliphatic carbocycles. The number of likely N-dealkylation sites (tertiary alicyclic amines) is 1. The van der Waals surface area contributed by atoms with Gasteiger partial charge in [0.05, 0.1) is 5.69 Å². The minimum absolute atomic E-state index is 0.0114. The summed E-state index contributed by atoms with van der Waals surface area (Å²) in [6.45, 7) is 3.21. The standard InChI is InChI=1S/C23H26N6O/c1-24-22-18-14-28(2)11-9-19(18)26-21(27-22)16-8-12-29(13-16)23(30)20-17-6-4-3-5-15(17)7-10-25-20/h3-7,10,16H,8-9,11-14H2,1-2H3,(H,24,26,27). The van der Waals surface area contributed by atoms with Crippen LogP contribution in [0.4, 0.5) is 5.82 Å². The molecule has 5 rings (SSSR count).